The van der Waals surface area contributed by atoms with Crippen molar-refractivity contribution in [2.45, 2.75) is 31.0 Å². The number of nitrogens with zero attached hydrogens (tertiary/aromatic N) is 2. The molecule has 3 amide bonds. The molecule has 0 saturated heterocycles. The van der Waals surface area contributed by atoms with Crippen molar-refractivity contribution in [1.82, 2.24) is 20.4 Å². The molecule has 35 heavy (non-hydrogen) atoms. The minimum absolute atomic E-state index is 0.130. The van der Waals surface area contributed by atoms with Crippen LogP contribution in [0.3, 0.4) is 0 Å². The fourth-order valence-electron chi connectivity index (χ4n) is 3.14. The Morgan fingerprint density at radius 2 is 1.74 bits per heavy atom. The van der Waals surface area contributed by atoms with Gasteiger partial charge in [-0.15, -0.1) is 0 Å². The molecule has 0 bridgehead atoms. The minimum Gasteiger partial charge on any atom is -0.480 e. The van der Waals surface area contributed by atoms with Crippen molar-refractivity contribution in [1.29, 1.82) is 0 Å². The van der Waals surface area contributed by atoms with Crippen molar-refractivity contribution in [2.75, 3.05) is 51.5 Å². The van der Waals surface area contributed by atoms with Crippen molar-refractivity contribution in [3.05, 3.63) is 35.9 Å². The number of likely N-dealkylation sites (N-methyl/N-ethyl adjacent to an activating group) is 1. The first kappa shape index (κ1) is 30.8. The maximum Gasteiger partial charge on any atom is 0.326 e. The van der Waals surface area contributed by atoms with Crippen LogP contribution in [0.2, 0.25) is 0 Å². The molecule has 196 valence electrons. The highest BCUT2D eigenvalue weighted by atomic mass is 32.2. The van der Waals surface area contributed by atoms with Crippen LogP contribution in [0.1, 0.15) is 12.0 Å². The minimum atomic E-state index is -1.14. The smallest absolute Gasteiger partial charge is 0.326 e. The van der Waals surface area contributed by atoms with E-state index in [2.05, 4.69) is 23.3 Å². The molecule has 0 saturated carbocycles. The normalized spacial score (nSPS) is 13.5. The molecule has 0 heterocycles. The first-order chi connectivity index (χ1) is 16.6. The summed E-state index contributed by atoms with van der Waals surface area (Å²) in [5.41, 5.74) is 6.63. The van der Waals surface area contributed by atoms with Gasteiger partial charge in [-0.3, -0.25) is 14.4 Å². The second kappa shape index (κ2) is 16.4. The van der Waals surface area contributed by atoms with Gasteiger partial charge in [0.1, 0.15) is 12.1 Å². The third kappa shape index (κ3) is 11.8. The average Bonchev–Trinajstić information content (AvgIpc) is 2.83. The Balaban J connectivity index is 3.02. The second-order valence-electron chi connectivity index (χ2n) is 8.34. The molecule has 0 unspecified atom stereocenters. The predicted molar refractivity (Wildman–Crippen MR) is 142 cm³/mol. The molecule has 0 aliphatic rings. The van der Waals surface area contributed by atoms with E-state index in [9.17, 15) is 24.3 Å². The van der Waals surface area contributed by atoms with E-state index in [1.165, 1.54) is 16.7 Å². The zero-order valence-corrected chi connectivity index (χ0v) is 22.2. The Labute approximate surface area is 216 Å². The van der Waals surface area contributed by atoms with Crippen LogP contribution < -0.4 is 16.4 Å². The highest BCUT2D eigenvalue weighted by Crippen LogP contribution is 2.07. The maximum absolute atomic E-state index is 13.0. The summed E-state index contributed by atoms with van der Waals surface area (Å²) in [7, 11) is 3.69. The van der Waals surface area contributed by atoms with Crippen LogP contribution in [0, 0.1) is 0 Å². The summed E-state index contributed by atoms with van der Waals surface area (Å²) in [6.07, 6.45) is 2.26. The van der Waals surface area contributed by atoms with Gasteiger partial charge in [0.25, 0.3) is 0 Å². The van der Waals surface area contributed by atoms with E-state index < -0.39 is 41.8 Å². The third-order valence-corrected chi connectivity index (χ3v) is 6.17. The summed E-state index contributed by atoms with van der Waals surface area (Å²) in [4.78, 5) is 53.4. The van der Waals surface area contributed by atoms with Gasteiger partial charge in [-0.2, -0.15) is 24.4 Å². The molecule has 0 spiro atoms. The Bertz CT molecular complexity index is 828. The third-order valence-electron chi connectivity index (χ3n) is 5.14. The lowest BCUT2D eigenvalue weighted by atomic mass is 10.0. The topological polar surface area (TPSA) is 145 Å². The largest absolute Gasteiger partial charge is 0.480 e. The summed E-state index contributed by atoms with van der Waals surface area (Å²) < 4.78 is 0. The molecule has 0 aliphatic heterocycles. The second-order valence-corrected chi connectivity index (χ2v) is 9.69. The number of carboxylic acid groups (broad SMARTS) is 1. The van der Waals surface area contributed by atoms with Crippen LogP contribution in [0.25, 0.3) is 0 Å². The monoisotopic (exact) mass is 527 g/mol. The molecule has 5 N–H and O–H groups in total. The molecule has 1 aromatic carbocycles. The summed E-state index contributed by atoms with van der Waals surface area (Å²) in [6.45, 7) is 0.496. The van der Waals surface area contributed by atoms with Crippen LogP contribution in [-0.4, -0.2) is 108 Å². The summed E-state index contributed by atoms with van der Waals surface area (Å²) in [5.74, 6) is -2.02. The van der Waals surface area contributed by atoms with Crippen LogP contribution >= 0.6 is 24.4 Å². The van der Waals surface area contributed by atoms with Crippen LogP contribution in [0.4, 0.5) is 0 Å². The first-order valence-corrected chi connectivity index (χ1v) is 13.3. The Morgan fingerprint density at radius 1 is 1.09 bits per heavy atom. The van der Waals surface area contributed by atoms with Gasteiger partial charge in [0.15, 0.2) is 0 Å². The number of thiol groups is 1. The van der Waals surface area contributed by atoms with Gasteiger partial charge >= 0.3 is 5.97 Å². The number of carbonyl (C=O) groups is 4. The molecule has 1 rings (SSSR count). The quantitative estimate of drug-likeness (QED) is 0.184. The molecular formula is C23H37N5O5S2. The zero-order valence-electron chi connectivity index (χ0n) is 20.5. The van der Waals surface area contributed by atoms with Crippen LogP contribution in [-0.2, 0) is 25.6 Å². The number of thioether (sulfide) groups is 1. The fourth-order valence-corrected chi connectivity index (χ4v) is 3.77. The average molecular weight is 528 g/mol. The Hall–Kier alpha value is -2.28. The van der Waals surface area contributed by atoms with Gasteiger partial charge in [0.05, 0.1) is 12.6 Å². The van der Waals surface area contributed by atoms with Gasteiger partial charge in [-0.1, -0.05) is 30.3 Å². The number of hydrogen-bond acceptors (Lipinski definition) is 8. The van der Waals surface area contributed by atoms with E-state index in [0.29, 0.717) is 12.3 Å². The van der Waals surface area contributed by atoms with E-state index in [1.54, 1.807) is 0 Å². The predicted octanol–water partition coefficient (Wildman–Crippen LogP) is -0.316. The Kier molecular flexibility index (Phi) is 14.4. The van der Waals surface area contributed by atoms with Crippen molar-refractivity contribution in [2.24, 2.45) is 5.73 Å². The van der Waals surface area contributed by atoms with Gasteiger partial charge in [-0.05, 0) is 38.1 Å². The standard InChI is InChI=1S/C23H37N5O5S2/c1-27(2)10-11-28(22(31)17(24)15-34)14-20(29)25-19(13-16-7-5-4-6-8-16)21(30)26-18(23(32)33)9-12-35-3/h4-8,17-19,34H,9-15,24H2,1-3H3,(H,25,29)(H,26,30)(H,32,33)/t17-,18-,19-/m0/s1. The molecule has 0 aromatic heterocycles. The first-order valence-electron chi connectivity index (χ1n) is 11.2. The van der Waals surface area contributed by atoms with E-state index in [1.807, 2.05) is 55.6 Å². The van der Waals surface area contributed by atoms with Gasteiger partial charge in [-0.25, -0.2) is 4.79 Å². The van der Waals surface area contributed by atoms with Crippen molar-refractivity contribution >= 4 is 48.1 Å². The molecular weight excluding hydrogens is 490 g/mol. The number of nitrogens with one attached hydrogen (secondary N) is 2. The number of carboxylic acids is 1. The van der Waals surface area contributed by atoms with Gasteiger partial charge in [0, 0.05) is 25.3 Å². The van der Waals surface area contributed by atoms with Gasteiger partial charge in [0.2, 0.25) is 17.7 Å². The molecule has 1 aromatic rings. The van der Waals surface area contributed by atoms with Gasteiger partial charge < -0.3 is 31.3 Å². The lowest BCUT2D eigenvalue weighted by molar-refractivity contribution is -0.142. The number of rotatable bonds is 16. The van der Waals surface area contributed by atoms with Crippen molar-refractivity contribution in [3.63, 3.8) is 0 Å². The lowest BCUT2D eigenvalue weighted by Crippen LogP contribution is -2.55. The summed E-state index contributed by atoms with van der Waals surface area (Å²) in [5, 5.41) is 14.7. The number of carbonyl (C=O) groups excluding carboxylic acids is 3. The van der Waals surface area contributed by atoms with Crippen LogP contribution in [0.15, 0.2) is 30.3 Å². The number of amides is 3. The lowest BCUT2D eigenvalue weighted by Gasteiger charge is -2.27. The molecule has 0 radical (unpaired) electrons. The molecule has 0 aliphatic carbocycles. The SMILES string of the molecule is CSCC[C@H](NC(=O)[C@H](Cc1ccccc1)NC(=O)CN(CCN(C)C)C(=O)[C@@H](N)CS)C(=O)O. The number of hydrogen-bond donors (Lipinski definition) is 5. The zero-order chi connectivity index (χ0) is 26.4. The van der Waals surface area contributed by atoms with E-state index in [0.717, 1.165) is 5.56 Å². The van der Waals surface area contributed by atoms with E-state index >= 15 is 0 Å². The Morgan fingerprint density at radius 3 is 2.29 bits per heavy atom. The number of benzene rings is 1. The van der Waals surface area contributed by atoms with Crippen molar-refractivity contribution in [3.8, 4) is 0 Å². The molecule has 3 atom stereocenters. The fraction of sp³-hybridized carbons (Fsp3) is 0.565. The molecule has 12 heteroatoms. The molecule has 0 fully saturated rings. The molecule has 10 nitrogen and oxygen atoms in total. The van der Waals surface area contributed by atoms with E-state index in [4.69, 9.17) is 5.73 Å². The summed E-state index contributed by atoms with van der Waals surface area (Å²) >= 11 is 5.55. The number of aliphatic carboxylic acids is 1. The summed E-state index contributed by atoms with van der Waals surface area (Å²) in [6, 6.07) is 6.13. The highest BCUT2D eigenvalue weighted by Gasteiger charge is 2.28. The van der Waals surface area contributed by atoms with E-state index in [-0.39, 0.29) is 31.7 Å². The van der Waals surface area contributed by atoms with Crippen molar-refractivity contribution < 1.29 is 24.3 Å². The highest BCUT2D eigenvalue weighted by molar-refractivity contribution is 7.98. The maximum atomic E-state index is 13.0. The van der Waals surface area contributed by atoms with Crippen LogP contribution in [0.5, 0.6) is 0 Å². The number of nitrogens with two attached hydrogens (primary N) is 1.